The van der Waals surface area contributed by atoms with Crippen molar-refractivity contribution in [1.29, 1.82) is 0 Å². The number of hydrogen-bond acceptors (Lipinski definition) is 6. The van der Waals surface area contributed by atoms with Crippen LogP contribution in [-0.2, 0) is 21.5 Å². The first kappa shape index (κ1) is 19.2. The highest BCUT2D eigenvalue weighted by Crippen LogP contribution is 2.47. The van der Waals surface area contributed by atoms with Gasteiger partial charge in [-0.25, -0.2) is 4.98 Å². The summed E-state index contributed by atoms with van der Waals surface area (Å²) < 4.78 is 5.24. The Morgan fingerprint density at radius 2 is 1.97 bits per heavy atom. The summed E-state index contributed by atoms with van der Waals surface area (Å²) in [4.78, 5) is 34.5. The Bertz CT molecular complexity index is 981. The van der Waals surface area contributed by atoms with Crippen molar-refractivity contribution >= 4 is 17.4 Å². The summed E-state index contributed by atoms with van der Waals surface area (Å²) in [5.41, 5.74) is 1.62. The fourth-order valence-electron chi connectivity index (χ4n) is 4.35. The van der Waals surface area contributed by atoms with Crippen LogP contribution in [0.5, 0.6) is 5.75 Å². The molecule has 0 saturated heterocycles. The van der Waals surface area contributed by atoms with Gasteiger partial charge in [-0.3, -0.25) is 9.59 Å². The molecule has 1 aromatic heterocycles. The summed E-state index contributed by atoms with van der Waals surface area (Å²) in [5.74, 6) is 1.47. The normalized spacial score (nSPS) is 22.3. The van der Waals surface area contributed by atoms with Crippen LogP contribution in [0.1, 0.15) is 24.0 Å². The molecule has 1 spiro atoms. The minimum atomic E-state index is -0.716. The standard InChI is InChI=1S/C23H25N3O3/c1-25(2)14-18-20(27)10-11-23(21(18)28)15-26(22-19(23)5-4-12-24-22)13-16-6-8-17(29-3)9-7-16/h4-9,12,14H,10-11,13,15H2,1-3H3. The lowest BCUT2D eigenvalue weighted by Crippen LogP contribution is -2.46. The van der Waals surface area contributed by atoms with E-state index in [9.17, 15) is 9.59 Å². The SMILES string of the molecule is COc1ccc(CN2CC3(CCC(=O)C(=CN(C)C)C3=O)c3cccnc32)cc1. The van der Waals surface area contributed by atoms with Gasteiger partial charge in [-0.1, -0.05) is 18.2 Å². The molecule has 6 heteroatoms. The van der Waals surface area contributed by atoms with Gasteiger partial charge in [0, 0.05) is 51.6 Å². The topological polar surface area (TPSA) is 62.7 Å². The van der Waals surface area contributed by atoms with E-state index in [0.717, 1.165) is 22.7 Å². The summed E-state index contributed by atoms with van der Waals surface area (Å²) in [6, 6.07) is 11.8. The van der Waals surface area contributed by atoms with E-state index < -0.39 is 5.41 Å². The average Bonchev–Trinajstić information content (AvgIpc) is 3.03. The Morgan fingerprint density at radius 3 is 2.66 bits per heavy atom. The van der Waals surface area contributed by atoms with E-state index in [0.29, 0.717) is 31.5 Å². The minimum Gasteiger partial charge on any atom is -0.497 e. The number of anilines is 1. The predicted molar refractivity (Wildman–Crippen MR) is 111 cm³/mol. The molecule has 1 atom stereocenters. The van der Waals surface area contributed by atoms with Gasteiger partial charge in [0.25, 0.3) is 0 Å². The number of allylic oxidation sites excluding steroid dienone is 1. The van der Waals surface area contributed by atoms with Gasteiger partial charge in [-0.15, -0.1) is 0 Å². The van der Waals surface area contributed by atoms with E-state index in [1.807, 2.05) is 50.5 Å². The fraction of sp³-hybridized carbons (Fsp3) is 0.348. The highest BCUT2D eigenvalue weighted by molar-refractivity contribution is 6.26. The number of nitrogens with zero attached hydrogens (tertiary/aromatic N) is 3. The lowest BCUT2D eigenvalue weighted by atomic mass is 9.68. The largest absolute Gasteiger partial charge is 0.497 e. The number of fused-ring (bicyclic) bond motifs is 2. The molecule has 1 unspecified atom stereocenters. The maximum absolute atomic E-state index is 13.6. The Labute approximate surface area is 170 Å². The molecular formula is C23H25N3O3. The fourth-order valence-corrected chi connectivity index (χ4v) is 4.35. The van der Waals surface area contributed by atoms with Gasteiger partial charge in [0.15, 0.2) is 11.6 Å². The summed E-state index contributed by atoms with van der Waals surface area (Å²) >= 11 is 0. The van der Waals surface area contributed by atoms with Gasteiger partial charge in [0.2, 0.25) is 0 Å². The number of ether oxygens (including phenoxy) is 1. The molecule has 6 nitrogen and oxygen atoms in total. The molecule has 4 rings (SSSR count). The number of carbonyl (C=O) groups is 2. The number of hydrogen-bond donors (Lipinski definition) is 0. The van der Waals surface area contributed by atoms with Crippen molar-refractivity contribution in [2.75, 3.05) is 32.6 Å². The molecule has 1 aromatic carbocycles. The first-order chi connectivity index (χ1) is 13.9. The number of benzene rings is 1. The van der Waals surface area contributed by atoms with E-state index in [1.54, 1.807) is 24.4 Å². The molecule has 1 saturated carbocycles. The molecule has 2 aromatic rings. The molecule has 0 amide bonds. The van der Waals surface area contributed by atoms with E-state index in [2.05, 4.69) is 9.88 Å². The van der Waals surface area contributed by atoms with Gasteiger partial charge < -0.3 is 14.5 Å². The predicted octanol–water partition coefficient (Wildman–Crippen LogP) is 2.73. The molecule has 0 radical (unpaired) electrons. The van der Waals surface area contributed by atoms with Crippen molar-refractivity contribution in [3.05, 3.63) is 65.5 Å². The first-order valence-electron chi connectivity index (χ1n) is 9.74. The Balaban J connectivity index is 1.71. The van der Waals surface area contributed by atoms with Crippen LogP contribution >= 0.6 is 0 Å². The number of rotatable bonds is 4. The third-order valence-corrected chi connectivity index (χ3v) is 5.74. The summed E-state index contributed by atoms with van der Waals surface area (Å²) in [5, 5.41) is 0. The number of pyridine rings is 1. The second-order valence-electron chi connectivity index (χ2n) is 7.92. The third-order valence-electron chi connectivity index (χ3n) is 5.74. The maximum Gasteiger partial charge on any atom is 0.180 e. The Hall–Kier alpha value is -3.15. The molecular weight excluding hydrogens is 366 g/mol. The van der Waals surface area contributed by atoms with Crippen molar-refractivity contribution in [3.8, 4) is 5.75 Å². The van der Waals surface area contributed by atoms with Crippen molar-refractivity contribution < 1.29 is 14.3 Å². The Kier molecular flexibility index (Phi) is 4.86. The second kappa shape index (κ2) is 7.35. The van der Waals surface area contributed by atoms with Gasteiger partial charge in [0.05, 0.1) is 18.1 Å². The molecule has 29 heavy (non-hydrogen) atoms. The van der Waals surface area contributed by atoms with Crippen molar-refractivity contribution in [2.45, 2.75) is 24.8 Å². The van der Waals surface area contributed by atoms with Crippen molar-refractivity contribution in [3.63, 3.8) is 0 Å². The van der Waals surface area contributed by atoms with Crippen LogP contribution in [0.15, 0.2) is 54.4 Å². The Morgan fingerprint density at radius 1 is 1.21 bits per heavy atom. The zero-order chi connectivity index (χ0) is 20.6. The molecule has 1 fully saturated rings. The van der Waals surface area contributed by atoms with Crippen LogP contribution in [0.3, 0.4) is 0 Å². The highest BCUT2D eigenvalue weighted by Gasteiger charge is 2.53. The van der Waals surface area contributed by atoms with Crippen molar-refractivity contribution in [2.24, 2.45) is 0 Å². The second-order valence-corrected chi connectivity index (χ2v) is 7.92. The van der Waals surface area contributed by atoms with Crippen LogP contribution in [0.25, 0.3) is 0 Å². The van der Waals surface area contributed by atoms with Gasteiger partial charge in [-0.05, 0) is 30.2 Å². The quantitative estimate of drug-likeness (QED) is 0.590. The highest BCUT2D eigenvalue weighted by atomic mass is 16.5. The monoisotopic (exact) mass is 391 g/mol. The lowest BCUT2D eigenvalue weighted by Gasteiger charge is -2.33. The molecule has 1 aliphatic carbocycles. The molecule has 2 aliphatic rings. The van der Waals surface area contributed by atoms with Gasteiger partial charge >= 0.3 is 0 Å². The number of carbonyl (C=O) groups excluding carboxylic acids is 2. The van der Waals surface area contributed by atoms with Crippen molar-refractivity contribution in [1.82, 2.24) is 9.88 Å². The first-order valence-corrected chi connectivity index (χ1v) is 9.74. The van der Waals surface area contributed by atoms with Crippen LogP contribution < -0.4 is 9.64 Å². The third kappa shape index (κ3) is 3.28. The number of aromatic nitrogens is 1. The molecule has 0 N–H and O–H groups in total. The van der Waals surface area contributed by atoms with Gasteiger partial charge in [-0.2, -0.15) is 0 Å². The van der Waals surface area contributed by atoms with E-state index in [1.165, 1.54) is 0 Å². The lowest BCUT2D eigenvalue weighted by molar-refractivity contribution is -0.128. The maximum atomic E-state index is 13.6. The van der Waals surface area contributed by atoms with Crippen LogP contribution in [-0.4, -0.2) is 49.2 Å². The smallest absolute Gasteiger partial charge is 0.180 e. The van der Waals surface area contributed by atoms with E-state index >= 15 is 0 Å². The van der Waals surface area contributed by atoms with E-state index in [-0.39, 0.29) is 11.6 Å². The molecule has 0 bridgehead atoms. The number of Topliss-reactive ketones (excluding diaryl/α,β-unsaturated/α-hetero) is 2. The van der Waals surface area contributed by atoms with Gasteiger partial charge in [0.1, 0.15) is 11.6 Å². The van der Waals surface area contributed by atoms with Crippen LogP contribution in [0, 0.1) is 0 Å². The summed E-state index contributed by atoms with van der Waals surface area (Å²) in [6.07, 6.45) is 4.31. The summed E-state index contributed by atoms with van der Waals surface area (Å²) in [7, 11) is 5.30. The zero-order valence-corrected chi connectivity index (χ0v) is 17.0. The minimum absolute atomic E-state index is 0.0756. The summed E-state index contributed by atoms with van der Waals surface area (Å²) in [6.45, 7) is 1.17. The van der Waals surface area contributed by atoms with Crippen LogP contribution in [0.4, 0.5) is 5.82 Å². The molecule has 150 valence electrons. The average molecular weight is 391 g/mol. The number of methoxy groups -OCH3 is 1. The molecule has 1 aliphatic heterocycles. The number of ketones is 2. The zero-order valence-electron chi connectivity index (χ0n) is 17.0. The van der Waals surface area contributed by atoms with E-state index in [4.69, 9.17) is 4.74 Å². The van der Waals surface area contributed by atoms with Crippen LogP contribution in [0.2, 0.25) is 0 Å². The molecule has 2 heterocycles.